The summed E-state index contributed by atoms with van der Waals surface area (Å²) in [7, 11) is 3.96. The van der Waals surface area contributed by atoms with Crippen molar-refractivity contribution in [2.45, 2.75) is 6.18 Å². The molecule has 1 heterocycles. The molecule has 0 fully saturated rings. The van der Waals surface area contributed by atoms with Crippen LogP contribution in [0.4, 0.5) is 24.7 Å². The first-order chi connectivity index (χ1) is 14.6. The van der Waals surface area contributed by atoms with Crippen LogP contribution in [-0.4, -0.2) is 42.4 Å². The van der Waals surface area contributed by atoms with Crippen LogP contribution in [0, 0.1) is 0 Å². The topological polar surface area (TPSA) is 103 Å². The fraction of sp³-hybridized carbons (Fsp3) is 0.211. The van der Waals surface area contributed by atoms with Gasteiger partial charge in [-0.1, -0.05) is 11.6 Å². The Morgan fingerprint density at radius 1 is 1.00 bits per heavy atom. The number of carboxylic acids is 1. The van der Waals surface area contributed by atoms with Crippen LogP contribution in [0.15, 0.2) is 24.3 Å². The van der Waals surface area contributed by atoms with E-state index in [1.807, 2.05) is 0 Å². The lowest BCUT2D eigenvalue weighted by molar-refractivity contribution is -0.144. The highest BCUT2D eigenvalue weighted by molar-refractivity contribution is 6.34. The van der Waals surface area contributed by atoms with E-state index in [1.54, 1.807) is 0 Å². The summed E-state index contributed by atoms with van der Waals surface area (Å²) in [4.78, 5) is 18.5. The van der Waals surface area contributed by atoms with Crippen molar-refractivity contribution in [1.82, 2.24) is 9.97 Å². The summed E-state index contributed by atoms with van der Waals surface area (Å²) in [6.07, 6.45) is -4.83. The molecule has 3 aromatic rings. The first-order valence-corrected chi connectivity index (χ1v) is 8.85. The number of halogens is 4. The van der Waals surface area contributed by atoms with E-state index >= 15 is 0 Å². The summed E-state index contributed by atoms with van der Waals surface area (Å²) in [5.41, 5.74) is -0.202. The second-order valence-corrected chi connectivity index (χ2v) is 6.49. The van der Waals surface area contributed by atoms with E-state index in [0.717, 1.165) is 6.07 Å². The molecule has 0 aliphatic carbocycles. The van der Waals surface area contributed by atoms with Gasteiger partial charge < -0.3 is 24.6 Å². The van der Waals surface area contributed by atoms with E-state index in [-0.39, 0.29) is 50.2 Å². The third-order valence-corrected chi connectivity index (χ3v) is 4.54. The molecule has 0 saturated heterocycles. The van der Waals surface area contributed by atoms with E-state index in [4.69, 9.17) is 25.8 Å². The van der Waals surface area contributed by atoms with Gasteiger partial charge in [0, 0.05) is 17.5 Å². The number of fused-ring (bicyclic) bond motifs is 1. The van der Waals surface area contributed by atoms with Crippen molar-refractivity contribution in [1.29, 1.82) is 0 Å². The molecular weight excluding hydrogens is 443 g/mol. The van der Waals surface area contributed by atoms with E-state index < -0.39 is 18.0 Å². The molecule has 0 amide bonds. The van der Waals surface area contributed by atoms with Crippen molar-refractivity contribution in [3.05, 3.63) is 40.7 Å². The van der Waals surface area contributed by atoms with Gasteiger partial charge in [-0.05, 0) is 12.1 Å². The summed E-state index contributed by atoms with van der Waals surface area (Å²) in [5.74, 6) is -2.53. The number of benzene rings is 2. The predicted octanol–water partition coefficient (Wildman–Crippen LogP) is 4.77. The number of carbonyl (C=O) groups is 1. The quantitative estimate of drug-likeness (QED) is 0.545. The van der Waals surface area contributed by atoms with Gasteiger partial charge in [-0.3, -0.25) is 0 Å². The van der Waals surface area contributed by atoms with Crippen molar-refractivity contribution in [2.24, 2.45) is 0 Å². The van der Waals surface area contributed by atoms with E-state index in [0.29, 0.717) is 0 Å². The predicted molar refractivity (Wildman–Crippen MR) is 106 cm³/mol. The number of hydrogen-bond donors (Lipinski definition) is 2. The number of nitrogens with zero attached hydrogens (tertiary/aromatic N) is 2. The number of aromatic nitrogens is 2. The van der Waals surface area contributed by atoms with Crippen LogP contribution in [0.3, 0.4) is 0 Å². The normalized spacial score (nSPS) is 11.3. The Bertz CT molecular complexity index is 1170. The molecule has 2 N–H and O–H groups in total. The molecule has 8 nitrogen and oxygen atoms in total. The largest absolute Gasteiger partial charge is 0.496 e. The molecule has 0 aliphatic rings. The molecular formula is C19H15ClF3N3O5. The summed E-state index contributed by atoms with van der Waals surface area (Å²) in [6.45, 7) is 0. The molecule has 0 bridgehead atoms. The van der Waals surface area contributed by atoms with Crippen molar-refractivity contribution in [2.75, 3.05) is 26.6 Å². The standard InChI is InChI=1S/C19H15ClF3N3O5/c1-29-13-7-12(10(20)4-9(13)17(27)28)24-16-8-5-14(30-2)15(31-3)6-11(8)25-18(26-16)19(21,22)23/h4-7H,1-3H3,(H,27,28)(H,24,25,26). The zero-order valence-corrected chi connectivity index (χ0v) is 17.1. The number of alkyl halides is 3. The van der Waals surface area contributed by atoms with Crippen LogP contribution in [0.1, 0.15) is 16.2 Å². The Kier molecular flexibility index (Phi) is 5.98. The number of nitrogens with one attached hydrogen (secondary N) is 1. The minimum atomic E-state index is -4.83. The second kappa shape index (κ2) is 8.34. The third kappa shape index (κ3) is 4.36. The highest BCUT2D eigenvalue weighted by Gasteiger charge is 2.36. The molecule has 1 aromatic heterocycles. The van der Waals surface area contributed by atoms with Gasteiger partial charge in [0.25, 0.3) is 0 Å². The number of anilines is 2. The zero-order chi connectivity index (χ0) is 22.9. The molecule has 0 radical (unpaired) electrons. The maximum Gasteiger partial charge on any atom is 0.451 e. The average Bonchev–Trinajstić information content (AvgIpc) is 2.72. The first-order valence-electron chi connectivity index (χ1n) is 8.47. The van der Waals surface area contributed by atoms with Gasteiger partial charge in [0.15, 0.2) is 11.5 Å². The smallest absolute Gasteiger partial charge is 0.451 e. The van der Waals surface area contributed by atoms with Gasteiger partial charge in [0.05, 0.1) is 37.6 Å². The van der Waals surface area contributed by atoms with Crippen LogP contribution >= 0.6 is 11.6 Å². The first kappa shape index (κ1) is 22.2. The fourth-order valence-corrected chi connectivity index (χ4v) is 3.00. The molecule has 12 heteroatoms. The molecule has 0 spiro atoms. The Morgan fingerprint density at radius 2 is 1.61 bits per heavy atom. The van der Waals surface area contributed by atoms with Crippen LogP contribution in [-0.2, 0) is 6.18 Å². The van der Waals surface area contributed by atoms with Gasteiger partial charge in [0.1, 0.15) is 17.1 Å². The molecule has 31 heavy (non-hydrogen) atoms. The van der Waals surface area contributed by atoms with Crippen molar-refractivity contribution < 1.29 is 37.3 Å². The van der Waals surface area contributed by atoms with Gasteiger partial charge >= 0.3 is 12.1 Å². The average molecular weight is 458 g/mol. The van der Waals surface area contributed by atoms with E-state index in [2.05, 4.69) is 15.3 Å². The number of aromatic carboxylic acids is 1. The Hall–Kier alpha value is -3.47. The van der Waals surface area contributed by atoms with Crippen LogP contribution in [0.2, 0.25) is 5.02 Å². The third-order valence-electron chi connectivity index (χ3n) is 4.23. The monoisotopic (exact) mass is 457 g/mol. The minimum Gasteiger partial charge on any atom is -0.496 e. The molecule has 0 aliphatic heterocycles. The highest BCUT2D eigenvalue weighted by atomic mass is 35.5. The molecule has 0 saturated carbocycles. The van der Waals surface area contributed by atoms with Crippen molar-refractivity contribution in [3.8, 4) is 17.2 Å². The number of methoxy groups -OCH3 is 3. The summed E-state index contributed by atoms with van der Waals surface area (Å²) in [6, 6.07) is 5.05. The van der Waals surface area contributed by atoms with Crippen LogP contribution in [0.25, 0.3) is 10.9 Å². The SMILES string of the molecule is COc1cc2nc(C(F)(F)F)nc(Nc3cc(OC)c(C(=O)O)cc3Cl)c2cc1OC. The summed E-state index contributed by atoms with van der Waals surface area (Å²) in [5, 5.41) is 12.1. The molecule has 2 aromatic carbocycles. The molecule has 0 atom stereocenters. The Balaban J connectivity index is 2.24. The number of carboxylic acid groups (broad SMARTS) is 1. The van der Waals surface area contributed by atoms with Crippen molar-refractivity contribution in [3.63, 3.8) is 0 Å². The van der Waals surface area contributed by atoms with Gasteiger partial charge in [-0.15, -0.1) is 0 Å². The number of ether oxygens (including phenoxy) is 3. The van der Waals surface area contributed by atoms with E-state index in [9.17, 15) is 23.1 Å². The summed E-state index contributed by atoms with van der Waals surface area (Å²) < 4.78 is 55.5. The highest BCUT2D eigenvalue weighted by Crippen LogP contribution is 2.39. The lowest BCUT2D eigenvalue weighted by atomic mass is 10.1. The van der Waals surface area contributed by atoms with Gasteiger partial charge in [0.2, 0.25) is 5.82 Å². The lowest BCUT2D eigenvalue weighted by Gasteiger charge is -2.16. The van der Waals surface area contributed by atoms with Gasteiger partial charge in [-0.25, -0.2) is 14.8 Å². The van der Waals surface area contributed by atoms with E-state index in [1.165, 1.54) is 39.5 Å². The van der Waals surface area contributed by atoms with Crippen molar-refractivity contribution >= 4 is 40.0 Å². The zero-order valence-electron chi connectivity index (χ0n) is 16.3. The maximum atomic E-state index is 13.4. The van der Waals surface area contributed by atoms with Gasteiger partial charge in [-0.2, -0.15) is 13.2 Å². The van der Waals surface area contributed by atoms with Crippen LogP contribution in [0.5, 0.6) is 17.2 Å². The number of hydrogen-bond acceptors (Lipinski definition) is 7. The minimum absolute atomic E-state index is 0.0481. The van der Waals surface area contributed by atoms with Crippen LogP contribution < -0.4 is 19.5 Å². The second-order valence-electron chi connectivity index (χ2n) is 6.08. The Morgan fingerprint density at radius 3 is 2.16 bits per heavy atom. The molecule has 0 unspecified atom stereocenters. The number of rotatable bonds is 6. The maximum absolute atomic E-state index is 13.4. The lowest BCUT2D eigenvalue weighted by Crippen LogP contribution is -2.13. The molecule has 3 rings (SSSR count). The molecule has 164 valence electrons. The fourth-order valence-electron chi connectivity index (χ4n) is 2.79. The summed E-state index contributed by atoms with van der Waals surface area (Å²) >= 11 is 6.15. The Labute approximate surface area is 178 Å².